The Labute approximate surface area is 145 Å². The lowest BCUT2D eigenvalue weighted by molar-refractivity contribution is -0.119. The first kappa shape index (κ1) is 17.4. The van der Waals surface area contributed by atoms with Crippen molar-refractivity contribution in [3.8, 4) is 11.4 Å². The van der Waals surface area contributed by atoms with Crippen LogP contribution in [0.3, 0.4) is 0 Å². The summed E-state index contributed by atoms with van der Waals surface area (Å²) in [6, 6.07) is 4.53. The molecule has 9 nitrogen and oxygen atoms in total. The number of methoxy groups -OCH3 is 1. The molecule has 1 aliphatic heterocycles. The van der Waals surface area contributed by atoms with E-state index in [9.17, 15) is 13.2 Å². The van der Waals surface area contributed by atoms with Crippen molar-refractivity contribution < 1.29 is 17.9 Å². The molecule has 1 unspecified atom stereocenters. The third kappa shape index (κ3) is 3.64. The molecule has 1 atom stereocenters. The van der Waals surface area contributed by atoms with E-state index in [1.54, 1.807) is 22.8 Å². The Morgan fingerprint density at radius 3 is 2.68 bits per heavy atom. The van der Waals surface area contributed by atoms with Crippen molar-refractivity contribution in [1.82, 2.24) is 19.1 Å². The van der Waals surface area contributed by atoms with E-state index in [2.05, 4.69) is 15.5 Å². The molecule has 1 aromatic carbocycles. The SMILES string of the molecule is COc1ccc(-n2cnnc2)cc1NC(=O)C1CCCN1S(C)(=O)=O. The minimum atomic E-state index is -3.43. The fourth-order valence-electron chi connectivity index (χ4n) is 2.90. The molecule has 0 bridgehead atoms. The molecule has 1 aromatic heterocycles. The maximum absolute atomic E-state index is 12.6. The summed E-state index contributed by atoms with van der Waals surface area (Å²) in [6.45, 7) is 0.356. The molecule has 0 aliphatic carbocycles. The Hall–Kier alpha value is -2.46. The molecule has 10 heteroatoms. The van der Waals surface area contributed by atoms with Gasteiger partial charge in [-0.2, -0.15) is 4.31 Å². The van der Waals surface area contributed by atoms with Gasteiger partial charge in [0.15, 0.2) is 0 Å². The van der Waals surface area contributed by atoms with Gasteiger partial charge >= 0.3 is 0 Å². The third-order valence-corrected chi connectivity index (χ3v) is 5.38. The van der Waals surface area contributed by atoms with Crippen LogP contribution in [0.4, 0.5) is 5.69 Å². The number of amides is 1. The van der Waals surface area contributed by atoms with E-state index >= 15 is 0 Å². The first-order valence-corrected chi connectivity index (χ1v) is 9.55. The van der Waals surface area contributed by atoms with Crippen LogP contribution in [0.2, 0.25) is 0 Å². The Balaban J connectivity index is 1.86. The van der Waals surface area contributed by atoms with Crippen LogP contribution in [0.1, 0.15) is 12.8 Å². The first-order valence-electron chi connectivity index (χ1n) is 7.71. The van der Waals surface area contributed by atoms with E-state index in [1.807, 2.05) is 0 Å². The van der Waals surface area contributed by atoms with Gasteiger partial charge in [-0.25, -0.2) is 8.42 Å². The van der Waals surface area contributed by atoms with Gasteiger partial charge in [0.2, 0.25) is 15.9 Å². The van der Waals surface area contributed by atoms with E-state index in [0.29, 0.717) is 30.8 Å². The molecule has 1 amide bonds. The molecular weight excluding hydrogens is 346 g/mol. The lowest BCUT2D eigenvalue weighted by Gasteiger charge is -2.22. The van der Waals surface area contributed by atoms with E-state index in [4.69, 9.17) is 4.74 Å². The number of rotatable bonds is 5. The molecular formula is C15H19N5O4S. The van der Waals surface area contributed by atoms with Gasteiger partial charge in [0, 0.05) is 6.54 Å². The van der Waals surface area contributed by atoms with Crippen LogP contribution in [0.15, 0.2) is 30.9 Å². The summed E-state index contributed by atoms with van der Waals surface area (Å²) >= 11 is 0. The van der Waals surface area contributed by atoms with Gasteiger partial charge in [0.05, 0.1) is 24.7 Å². The fraction of sp³-hybridized carbons (Fsp3) is 0.400. The average Bonchev–Trinajstić information content (AvgIpc) is 3.25. The number of benzene rings is 1. The number of ether oxygens (including phenoxy) is 1. The Bertz CT molecular complexity index is 866. The summed E-state index contributed by atoms with van der Waals surface area (Å²) in [5, 5.41) is 10.3. The van der Waals surface area contributed by atoms with E-state index in [1.165, 1.54) is 24.1 Å². The second kappa shape index (κ2) is 6.81. The van der Waals surface area contributed by atoms with Gasteiger partial charge < -0.3 is 10.1 Å². The van der Waals surface area contributed by atoms with Gasteiger partial charge in [-0.3, -0.25) is 9.36 Å². The van der Waals surface area contributed by atoms with Gasteiger partial charge in [-0.15, -0.1) is 10.2 Å². The summed E-state index contributed by atoms with van der Waals surface area (Å²) in [5.74, 6) is 0.108. The zero-order chi connectivity index (χ0) is 18.0. The molecule has 25 heavy (non-hydrogen) atoms. The molecule has 134 valence electrons. The minimum absolute atomic E-state index is 0.356. The van der Waals surface area contributed by atoms with E-state index in [-0.39, 0.29) is 5.91 Å². The predicted molar refractivity (Wildman–Crippen MR) is 91.1 cm³/mol. The van der Waals surface area contributed by atoms with Crippen molar-refractivity contribution in [1.29, 1.82) is 0 Å². The summed E-state index contributed by atoms with van der Waals surface area (Å²) in [6.07, 6.45) is 5.34. The van der Waals surface area contributed by atoms with Crippen molar-refractivity contribution in [2.45, 2.75) is 18.9 Å². The van der Waals surface area contributed by atoms with Gasteiger partial charge in [0.1, 0.15) is 24.4 Å². The zero-order valence-corrected chi connectivity index (χ0v) is 14.7. The lowest BCUT2D eigenvalue weighted by Crippen LogP contribution is -2.42. The number of carbonyl (C=O) groups excluding carboxylic acids is 1. The number of hydrogen-bond donors (Lipinski definition) is 1. The average molecular weight is 365 g/mol. The maximum Gasteiger partial charge on any atom is 0.242 e. The number of anilines is 1. The Kier molecular flexibility index (Phi) is 4.73. The molecule has 0 spiro atoms. The first-order chi connectivity index (χ1) is 11.9. The van der Waals surface area contributed by atoms with Crippen molar-refractivity contribution in [2.75, 3.05) is 25.2 Å². The molecule has 1 aliphatic rings. The van der Waals surface area contributed by atoms with Crippen molar-refractivity contribution in [3.63, 3.8) is 0 Å². The van der Waals surface area contributed by atoms with Gasteiger partial charge in [-0.05, 0) is 31.0 Å². The molecule has 2 heterocycles. The minimum Gasteiger partial charge on any atom is -0.495 e. The maximum atomic E-state index is 12.6. The van der Waals surface area contributed by atoms with Crippen LogP contribution in [-0.2, 0) is 14.8 Å². The van der Waals surface area contributed by atoms with Crippen LogP contribution in [0.5, 0.6) is 5.75 Å². The molecule has 1 fully saturated rings. The van der Waals surface area contributed by atoms with Gasteiger partial charge in [-0.1, -0.05) is 0 Å². The highest BCUT2D eigenvalue weighted by Crippen LogP contribution is 2.29. The normalized spacial score (nSPS) is 18.2. The zero-order valence-electron chi connectivity index (χ0n) is 13.9. The van der Waals surface area contributed by atoms with Crippen LogP contribution in [0.25, 0.3) is 5.69 Å². The standard InChI is InChI=1S/C15H19N5O4S/c1-24-14-6-5-11(19-9-16-17-10-19)8-12(14)18-15(21)13-4-3-7-20(13)25(2,22)23/h5-6,8-10,13H,3-4,7H2,1-2H3,(H,18,21). The highest BCUT2D eigenvalue weighted by atomic mass is 32.2. The highest BCUT2D eigenvalue weighted by molar-refractivity contribution is 7.88. The lowest BCUT2D eigenvalue weighted by atomic mass is 10.2. The summed E-state index contributed by atoms with van der Waals surface area (Å²) < 4.78 is 31.9. The van der Waals surface area contributed by atoms with Crippen LogP contribution < -0.4 is 10.1 Å². The van der Waals surface area contributed by atoms with E-state index < -0.39 is 16.1 Å². The topological polar surface area (TPSA) is 106 Å². The molecule has 0 radical (unpaired) electrons. The number of sulfonamides is 1. The van der Waals surface area contributed by atoms with Crippen molar-refractivity contribution >= 4 is 21.6 Å². The molecule has 0 saturated carbocycles. The Morgan fingerprint density at radius 2 is 2.04 bits per heavy atom. The number of nitrogens with zero attached hydrogens (tertiary/aromatic N) is 4. The second-order valence-electron chi connectivity index (χ2n) is 5.77. The van der Waals surface area contributed by atoms with Crippen LogP contribution in [0, 0.1) is 0 Å². The number of nitrogens with one attached hydrogen (secondary N) is 1. The van der Waals surface area contributed by atoms with Crippen LogP contribution in [-0.4, -0.2) is 59.3 Å². The van der Waals surface area contributed by atoms with Crippen LogP contribution >= 0.6 is 0 Å². The number of hydrogen-bond acceptors (Lipinski definition) is 6. The molecule has 1 saturated heterocycles. The van der Waals surface area contributed by atoms with Crippen molar-refractivity contribution in [3.05, 3.63) is 30.9 Å². The number of carbonyl (C=O) groups is 1. The summed E-state index contributed by atoms with van der Waals surface area (Å²) in [7, 11) is -1.93. The monoisotopic (exact) mass is 365 g/mol. The number of aromatic nitrogens is 3. The van der Waals surface area contributed by atoms with Crippen molar-refractivity contribution in [2.24, 2.45) is 0 Å². The Morgan fingerprint density at radius 1 is 1.32 bits per heavy atom. The quantitative estimate of drug-likeness (QED) is 0.833. The predicted octanol–water partition coefficient (Wildman–Crippen LogP) is 0.638. The molecule has 2 aromatic rings. The highest BCUT2D eigenvalue weighted by Gasteiger charge is 2.36. The van der Waals surface area contributed by atoms with E-state index in [0.717, 1.165) is 11.9 Å². The molecule has 1 N–H and O–H groups in total. The smallest absolute Gasteiger partial charge is 0.242 e. The molecule has 3 rings (SSSR count). The van der Waals surface area contributed by atoms with Gasteiger partial charge in [0.25, 0.3) is 0 Å². The fourth-order valence-corrected chi connectivity index (χ4v) is 4.03. The summed E-state index contributed by atoms with van der Waals surface area (Å²) in [5.41, 5.74) is 1.20. The summed E-state index contributed by atoms with van der Waals surface area (Å²) in [4.78, 5) is 12.6. The second-order valence-corrected chi connectivity index (χ2v) is 7.71. The third-order valence-electron chi connectivity index (χ3n) is 4.09. The largest absolute Gasteiger partial charge is 0.495 e.